The first kappa shape index (κ1) is 18.4. The third-order valence-corrected chi connectivity index (χ3v) is 5.32. The summed E-state index contributed by atoms with van der Waals surface area (Å²) in [6, 6.07) is 3.46. The lowest BCUT2D eigenvalue weighted by molar-refractivity contribution is 0.0583. The van der Waals surface area contributed by atoms with E-state index in [1.54, 1.807) is 0 Å². The Kier molecular flexibility index (Phi) is 5.92. The number of esters is 2. The largest absolute Gasteiger partial charge is 0.465 e. The molecule has 0 unspecified atom stereocenters. The minimum absolute atomic E-state index is 0.0378. The molecule has 0 saturated carbocycles. The van der Waals surface area contributed by atoms with Crippen LogP contribution in [0.15, 0.2) is 23.1 Å². The smallest absolute Gasteiger partial charge is 0.339 e. The lowest BCUT2D eigenvalue weighted by Crippen LogP contribution is -2.43. The second-order valence-corrected chi connectivity index (χ2v) is 7.02. The summed E-state index contributed by atoms with van der Waals surface area (Å²) >= 11 is 0. The van der Waals surface area contributed by atoms with Crippen LogP contribution >= 0.6 is 0 Å². The van der Waals surface area contributed by atoms with E-state index in [4.69, 9.17) is 0 Å². The van der Waals surface area contributed by atoms with Crippen LogP contribution in [0.25, 0.3) is 0 Å². The number of ether oxygens (including phenoxy) is 2. The molecule has 2 rings (SSSR count). The lowest BCUT2D eigenvalue weighted by atomic mass is 10.1. The molecule has 132 valence electrons. The predicted octanol–water partition coefficient (Wildman–Crippen LogP) is 0.290. The van der Waals surface area contributed by atoms with Gasteiger partial charge in [-0.15, -0.1) is 0 Å². The summed E-state index contributed by atoms with van der Waals surface area (Å²) < 4.78 is 37.2. The zero-order chi connectivity index (χ0) is 17.7. The van der Waals surface area contributed by atoms with E-state index in [-0.39, 0.29) is 22.1 Å². The number of piperidine rings is 1. The van der Waals surface area contributed by atoms with Crippen molar-refractivity contribution in [3.8, 4) is 0 Å². The van der Waals surface area contributed by atoms with Crippen LogP contribution in [0, 0.1) is 0 Å². The van der Waals surface area contributed by atoms with Gasteiger partial charge in [0.15, 0.2) is 0 Å². The van der Waals surface area contributed by atoms with Crippen molar-refractivity contribution in [3.05, 3.63) is 29.3 Å². The van der Waals surface area contributed by atoms with E-state index in [2.05, 4.69) is 19.5 Å². The summed E-state index contributed by atoms with van der Waals surface area (Å²) in [5.74, 6) is -1.48. The van der Waals surface area contributed by atoms with Crippen molar-refractivity contribution in [2.24, 2.45) is 0 Å². The molecular weight excluding hydrogens is 336 g/mol. The Balaban J connectivity index is 2.43. The fourth-order valence-corrected chi connectivity index (χ4v) is 4.02. The zero-order valence-corrected chi connectivity index (χ0v) is 14.3. The Morgan fingerprint density at radius 3 is 2.33 bits per heavy atom. The number of hydrogen-bond acceptors (Lipinski definition) is 7. The average molecular weight is 356 g/mol. The number of carbonyl (C=O) groups excluding carboxylic acids is 2. The molecule has 1 aliphatic rings. The molecule has 0 amide bonds. The minimum Gasteiger partial charge on any atom is -0.465 e. The third-order valence-electron chi connectivity index (χ3n) is 3.76. The van der Waals surface area contributed by atoms with Crippen molar-refractivity contribution in [1.82, 2.24) is 10.0 Å². The highest BCUT2D eigenvalue weighted by molar-refractivity contribution is 7.89. The fourth-order valence-electron chi connectivity index (χ4n) is 2.49. The van der Waals surface area contributed by atoms with E-state index in [0.717, 1.165) is 13.2 Å². The van der Waals surface area contributed by atoms with Crippen LogP contribution in [0.3, 0.4) is 0 Å². The average Bonchev–Trinajstić information content (AvgIpc) is 2.60. The molecule has 0 aromatic heterocycles. The number of carbonyl (C=O) groups is 2. The van der Waals surface area contributed by atoms with Gasteiger partial charge in [-0.2, -0.15) is 0 Å². The van der Waals surface area contributed by atoms with Crippen molar-refractivity contribution in [1.29, 1.82) is 0 Å². The van der Waals surface area contributed by atoms with E-state index in [0.29, 0.717) is 25.9 Å². The molecule has 0 spiro atoms. The number of benzene rings is 1. The molecule has 24 heavy (non-hydrogen) atoms. The minimum atomic E-state index is -4.00. The van der Waals surface area contributed by atoms with Crippen LogP contribution in [-0.4, -0.2) is 53.7 Å². The molecule has 1 fully saturated rings. The van der Waals surface area contributed by atoms with Gasteiger partial charge in [0.25, 0.3) is 0 Å². The maximum atomic E-state index is 12.7. The Labute approximate surface area is 140 Å². The van der Waals surface area contributed by atoms with Crippen LogP contribution in [0.5, 0.6) is 0 Å². The quantitative estimate of drug-likeness (QED) is 0.730. The summed E-state index contributed by atoms with van der Waals surface area (Å²) in [6.07, 6.45) is 1.28. The molecule has 8 nitrogen and oxygen atoms in total. The molecule has 0 atom stereocenters. The normalized spacial score (nSPS) is 15.8. The van der Waals surface area contributed by atoms with Gasteiger partial charge in [-0.05, 0) is 44.1 Å². The monoisotopic (exact) mass is 356 g/mol. The third kappa shape index (κ3) is 4.11. The number of methoxy groups -OCH3 is 2. The molecule has 1 saturated heterocycles. The molecule has 0 radical (unpaired) electrons. The van der Waals surface area contributed by atoms with Gasteiger partial charge in [0, 0.05) is 6.04 Å². The van der Waals surface area contributed by atoms with Gasteiger partial charge in [0.2, 0.25) is 10.0 Å². The molecule has 0 bridgehead atoms. The van der Waals surface area contributed by atoms with Gasteiger partial charge in [0.05, 0.1) is 30.2 Å². The van der Waals surface area contributed by atoms with Crippen molar-refractivity contribution in [2.75, 3.05) is 27.3 Å². The summed E-state index contributed by atoms with van der Waals surface area (Å²) in [5.41, 5.74) is -0.0950. The number of nitrogens with one attached hydrogen (secondary N) is 2. The van der Waals surface area contributed by atoms with Gasteiger partial charge >= 0.3 is 11.9 Å². The van der Waals surface area contributed by atoms with Crippen LogP contribution in [0.1, 0.15) is 33.6 Å². The van der Waals surface area contributed by atoms with Crippen molar-refractivity contribution in [3.63, 3.8) is 0 Å². The van der Waals surface area contributed by atoms with Crippen molar-refractivity contribution >= 4 is 22.0 Å². The SMILES string of the molecule is COC(=O)c1ccc(C(=O)OC)c(S(=O)(=O)NC2CCNCC2)c1. The van der Waals surface area contributed by atoms with E-state index >= 15 is 0 Å². The standard InChI is InChI=1S/C15H20N2O6S/c1-22-14(18)10-3-4-12(15(19)23-2)13(9-10)24(20,21)17-11-5-7-16-8-6-11/h3-4,9,11,16-17H,5-8H2,1-2H3. The van der Waals surface area contributed by atoms with Crippen LogP contribution in [0.2, 0.25) is 0 Å². The number of rotatable bonds is 5. The van der Waals surface area contributed by atoms with Gasteiger partial charge in [-0.25, -0.2) is 22.7 Å². The Bertz CT molecular complexity index is 725. The molecular formula is C15H20N2O6S. The Hall–Kier alpha value is -1.97. The topological polar surface area (TPSA) is 111 Å². The van der Waals surface area contributed by atoms with Gasteiger partial charge in [-0.3, -0.25) is 0 Å². The van der Waals surface area contributed by atoms with Crippen molar-refractivity contribution in [2.45, 2.75) is 23.8 Å². The fraction of sp³-hybridized carbons (Fsp3) is 0.467. The molecule has 1 aliphatic heterocycles. The second kappa shape index (κ2) is 7.73. The maximum absolute atomic E-state index is 12.7. The molecule has 1 aromatic carbocycles. The first-order valence-electron chi connectivity index (χ1n) is 7.42. The lowest BCUT2D eigenvalue weighted by Gasteiger charge is -2.24. The summed E-state index contributed by atoms with van der Waals surface area (Å²) in [4.78, 5) is 23.3. The number of hydrogen-bond donors (Lipinski definition) is 2. The van der Waals surface area contributed by atoms with Crippen LogP contribution in [-0.2, 0) is 19.5 Å². The molecule has 1 aromatic rings. The summed E-state index contributed by atoms with van der Waals surface area (Å²) in [5, 5.41) is 3.14. The molecule has 1 heterocycles. The first-order chi connectivity index (χ1) is 11.4. The predicted molar refractivity (Wildman–Crippen MR) is 85.3 cm³/mol. The van der Waals surface area contributed by atoms with Gasteiger partial charge < -0.3 is 14.8 Å². The molecule has 0 aliphatic carbocycles. The summed E-state index contributed by atoms with van der Waals surface area (Å²) in [6.45, 7) is 1.42. The first-order valence-corrected chi connectivity index (χ1v) is 8.91. The van der Waals surface area contributed by atoms with Crippen molar-refractivity contribution < 1.29 is 27.5 Å². The zero-order valence-electron chi connectivity index (χ0n) is 13.5. The molecule has 2 N–H and O–H groups in total. The van der Waals surface area contributed by atoms with E-state index in [9.17, 15) is 18.0 Å². The molecule has 9 heteroatoms. The van der Waals surface area contributed by atoms with E-state index in [1.165, 1.54) is 19.2 Å². The number of sulfonamides is 1. The summed E-state index contributed by atoms with van der Waals surface area (Å²) in [7, 11) is -1.64. The highest BCUT2D eigenvalue weighted by Gasteiger charge is 2.28. The Morgan fingerprint density at radius 1 is 1.12 bits per heavy atom. The highest BCUT2D eigenvalue weighted by Crippen LogP contribution is 2.21. The second-order valence-electron chi connectivity index (χ2n) is 5.34. The van der Waals surface area contributed by atoms with Gasteiger partial charge in [-0.1, -0.05) is 0 Å². The van der Waals surface area contributed by atoms with E-state index < -0.39 is 22.0 Å². The Morgan fingerprint density at radius 2 is 1.75 bits per heavy atom. The van der Waals surface area contributed by atoms with Gasteiger partial charge in [0.1, 0.15) is 0 Å². The maximum Gasteiger partial charge on any atom is 0.339 e. The highest BCUT2D eigenvalue weighted by atomic mass is 32.2. The van der Waals surface area contributed by atoms with Crippen LogP contribution < -0.4 is 10.0 Å². The van der Waals surface area contributed by atoms with E-state index in [1.807, 2.05) is 0 Å². The van der Waals surface area contributed by atoms with Crippen LogP contribution in [0.4, 0.5) is 0 Å².